The van der Waals surface area contributed by atoms with Crippen LogP contribution in [-0.4, -0.2) is 17.1 Å². The highest BCUT2D eigenvalue weighted by Crippen LogP contribution is 2.28. The minimum atomic E-state index is -0.0720. The molecule has 0 saturated carbocycles. The maximum Gasteiger partial charge on any atom is 0.144 e. The van der Waals surface area contributed by atoms with E-state index in [1.165, 1.54) is 0 Å². The average molecular weight is 339 g/mol. The van der Waals surface area contributed by atoms with Crippen LogP contribution in [0.25, 0.3) is 11.3 Å². The van der Waals surface area contributed by atoms with Crippen molar-refractivity contribution >= 4 is 28.1 Å². The Morgan fingerprint density at radius 2 is 2.05 bits per heavy atom. The molecule has 0 radical (unpaired) electrons. The number of halogens is 1. The van der Waals surface area contributed by atoms with Crippen LogP contribution in [0.3, 0.4) is 0 Å². The monoisotopic (exact) mass is 338 g/mol. The molecule has 3 nitrogen and oxygen atoms in total. The van der Waals surface area contributed by atoms with Crippen LogP contribution >= 0.6 is 28.1 Å². The second-order valence-corrected chi connectivity index (χ2v) is 5.29. The molecule has 0 aliphatic heterocycles. The lowest BCUT2D eigenvalue weighted by Crippen LogP contribution is -2.07. The van der Waals surface area contributed by atoms with E-state index in [9.17, 15) is 0 Å². The molecule has 1 unspecified atom stereocenters. The molecule has 2 rings (SSSR count). The molecule has 0 saturated heterocycles. The molecule has 5 heteroatoms. The molecule has 0 bridgehead atoms. The van der Waals surface area contributed by atoms with Gasteiger partial charge in [0.1, 0.15) is 16.6 Å². The lowest BCUT2D eigenvalue weighted by atomic mass is 10.1. The van der Waals surface area contributed by atoms with Gasteiger partial charge in [-0.15, -0.1) is 0 Å². The molecular formula is C14H15BrN2OS. The van der Waals surface area contributed by atoms with E-state index in [4.69, 9.17) is 17.0 Å². The van der Waals surface area contributed by atoms with Crippen LogP contribution < -0.4 is 0 Å². The Balaban J connectivity index is 2.58. The fourth-order valence-electron chi connectivity index (χ4n) is 1.90. The Labute approximate surface area is 126 Å². The molecule has 2 aromatic rings. The van der Waals surface area contributed by atoms with E-state index >= 15 is 0 Å². The first-order chi connectivity index (χ1) is 9.17. The van der Waals surface area contributed by atoms with Crippen LogP contribution in [-0.2, 0) is 4.74 Å². The van der Waals surface area contributed by atoms with E-state index in [0.29, 0.717) is 4.64 Å². The number of aromatic nitrogens is 2. The summed E-state index contributed by atoms with van der Waals surface area (Å²) in [4.78, 5) is 7.71. The molecule has 0 aliphatic carbocycles. The van der Waals surface area contributed by atoms with E-state index < -0.39 is 0 Å². The highest BCUT2D eigenvalue weighted by atomic mass is 79.9. The molecule has 1 N–H and O–H groups in total. The standard InChI is InChI=1S/C14H15BrN2OS/c1-3-10(18-2)13-16-12(11(15)14(19)17-13)9-7-5-4-6-8-9/h4-8,10H,3H2,1-2H3,(H,16,17,19). The molecule has 0 aliphatic rings. The number of benzene rings is 1. The largest absolute Gasteiger partial charge is 0.374 e. The molecule has 100 valence electrons. The Kier molecular flexibility index (Phi) is 4.85. The van der Waals surface area contributed by atoms with Gasteiger partial charge >= 0.3 is 0 Å². The number of rotatable bonds is 4. The summed E-state index contributed by atoms with van der Waals surface area (Å²) in [6.45, 7) is 2.05. The number of methoxy groups -OCH3 is 1. The maximum absolute atomic E-state index is 5.42. The molecule has 1 heterocycles. The van der Waals surface area contributed by atoms with Crippen molar-refractivity contribution in [2.24, 2.45) is 0 Å². The zero-order chi connectivity index (χ0) is 13.8. The number of nitrogens with one attached hydrogen (secondary N) is 1. The highest BCUT2D eigenvalue weighted by Gasteiger charge is 2.14. The first kappa shape index (κ1) is 14.4. The van der Waals surface area contributed by atoms with Crippen molar-refractivity contribution in [3.05, 3.63) is 45.3 Å². The van der Waals surface area contributed by atoms with Crippen molar-refractivity contribution in [1.82, 2.24) is 9.97 Å². The topological polar surface area (TPSA) is 37.9 Å². The molecule has 1 aromatic heterocycles. The van der Waals surface area contributed by atoms with Gasteiger partial charge in [-0.25, -0.2) is 4.98 Å². The first-order valence-electron chi connectivity index (χ1n) is 6.05. The normalized spacial score (nSPS) is 12.4. The van der Waals surface area contributed by atoms with Gasteiger partial charge in [-0.05, 0) is 27.9 Å². The number of ether oxygens (including phenoxy) is 1. The van der Waals surface area contributed by atoms with Crippen LogP contribution in [0.5, 0.6) is 0 Å². The van der Waals surface area contributed by atoms with Crippen molar-refractivity contribution in [3.8, 4) is 11.3 Å². The summed E-state index contributed by atoms with van der Waals surface area (Å²) in [6, 6.07) is 10.0. The summed E-state index contributed by atoms with van der Waals surface area (Å²) in [5.74, 6) is 0.761. The summed E-state index contributed by atoms with van der Waals surface area (Å²) in [5.41, 5.74) is 2.00. The van der Waals surface area contributed by atoms with Crippen LogP contribution in [0.4, 0.5) is 0 Å². The van der Waals surface area contributed by atoms with Gasteiger partial charge in [-0.1, -0.05) is 49.5 Å². The third-order valence-electron chi connectivity index (χ3n) is 2.91. The third kappa shape index (κ3) is 3.11. The summed E-state index contributed by atoms with van der Waals surface area (Å²) >= 11 is 8.82. The van der Waals surface area contributed by atoms with E-state index in [1.807, 2.05) is 30.3 Å². The van der Waals surface area contributed by atoms with Gasteiger partial charge in [0.15, 0.2) is 0 Å². The van der Waals surface area contributed by atoms with Gasteiger partial charge in [0.25, 0.3) is 0 Å². The number of aromatic amines is 1. The van der Waals surface area contributed by atoms with Crippen LogP contribution in [0.1, 0.15) is 25.3 Å². The van der Waals surface area contributed by atoms with Crippen LogP contribution in [0.15, 0.2) is 34.8 Å². The van der Waals surface area contributed by atoms with Gasteiger partial charge in [0.05, 0.1) is 10.2 Å². The third-order valence-corrected chi connectivity index (χ3v) is 4.24. The van der Waals surface area contributed by atoms with Crippen molar-refractivity contribution in [2.45, 2.75) is 19.4 Å². The maximum atomic E-state index is 5.42. The van der Waals surface area contributed by atoms with Gasteiger partial charge in [0, 0.05) is 7.11 Å². The van der Waals surface area contributed by atoms with E-state index in [0.717, 1.165) is 28.0 Å². The summed E-state index contributed by atoms with van der Waals surface area (Å²) < 4.78 is 6.77. The van der Waals surface area contributed by atoms with Crippen molar-refractivity contribution in [2.75, 3.05) is 7.11 Å². The quantitative estimate of drug-likeness (QED) is 0.823. The van der Waals surface area contributed by atoms with Crippen molar-refractivity contribution in [3.63, 3.8) is 0 Å². The Hall–Kier alpha value is -1.04. The Morgan fingerprint density at radius 3 is 2.63 bits per heavy atom. The zero-order valence-corrected chi connectivity index (χ0v) is 13.2. The van der Waals surface area contributed by atoms with Gasteiger partial charge < -0.3 is 9.72 Å². The fraction of sp³-hybridized carbons (Fsp3) is 0.286. The molecule has 1 atom stereocenters. The van der Waals surface area contributed by atoms with Crippen molar-refractivity contribution in [1.29, 1.82) is 0 Å². The average Bonchev–Trinajstić information content (AvgIpc) is 2.44. The minimum absolute atomic E-state index is 0.0720. The highest BCUT2D eigenvalue weighted by molar-refractivity contribution is 9.10. The zero-order valence-electron chi connectivity index (χ0n) is 10.8. The molecule has 1 aromatic carbocycles. The Morgan fingerprint density at radius 1 is 1.37 bits per heavy atom. The van der Waals surface area contributed by atoms with Gasteiger partial charge in [-0.3, -0.25) is 0 Å². The fourth-order valence-corrected chi connectivity index (χ4v) is 2.52. The van der Waals surface area contributed by atoms with Crippen molar-refractivity contribution < 1.29 is 4.74 Å². The SMILES string of the molecule is CCC(OC)c1nc(=S)c(Br)c(-c2ccccc2)[nH]1. The summed E-state index contributed by atoms with van der Waals surface area (Å²) in [6.07, 6.45) is 0.766. The van der Waals surface area contributed by atoms with Crippen LogP contribution in [0.2, 0.25) is 0 Å². The molecule has 0 spiro atoms. The molecule has 19 heavy (non-hydrogen) atoms. The van der Waals surface area contributed by atoms with E-state index in [2.05, 4.69) is 32.8 Å². The number of hydrogen-bond donors (Lipinski definition) is 1. The predicted molar refractivity (Wildman–Crippen MR) is 82.6 cm³/mol. The first-order valence-corrected chi connectivity index (χ1v) is 7.25. The van der Waals surface area contributed by atoms with E-state index in [1.54, 1.807) is 7.11 Å². The Bertz CT molecular complexity index is 609. The van der Waals surface area contributed by atoms with Crippen LogP contribution in [0, 0.1) is 4.64 Å². The second kappa shape index (κ2) is 6.41. The number of nitrogens with zero attached hydrogens (tertiary/aromatic N) is 1. The number of H-pyrrole nitrogens is 1. The molecular weight excluding hydrogens is 324 g/mol. The van der Waals surface area contributed by atoms with Gasteiger partial charge in [0.2, 0.25) is 0 Å². The lowest BCUT2D eigenvalue weighted by Gasteiger charge is -2.15. The van der Waals surface area contributed by atoms with E-state index in [-0.39, 0.29) is 6.10 Å². The smallest absolute Gasteiger partial charge is 0.144 e. The summed E-state index contributed by atoms with van der Waals surface area (Å²) in [5, 5.41) is 0. The molecule has 0 amide bonds. The predicted octanol–water partition coefficient (Wildman–Crippen LogP) is 4.67. The van der Waals surface area contributed by atoms with Gasteiger partial charge in [-0.2, -0.15) is 0 Å². The number of hydrogen-bond acceptors (Lipinski definition) is 3. The summed E-state index contributed by atoms with van der Waals surface area (Å²) in [7, 11) is 1.68. The lowest BCUT2D eigenvalue weighted by molar-refractivity contribution is 0.0925. The second-order valence-electron chi connectivity index (χ2n) is 4.11. The molecule has 0 fully saturated rings. The minimum Gasteiger partial charge on any atom is -0.374 e.